The van der Waals surface area contributed by atoms with Crippen molar-refractivity contribution in [2.24, 2.45) is 0 Å². The second kappa shape index (κ2) is 10.6. The van der Waals surface area contributed by atoms with Gasteiger partial charge in [0.05, 0.1) is 11.7 Å². The molecule has 1 heterocycles. The number of thiazole rings is 1. The molecule has 2 amide bonds. The smallest absolute Gasteiger partial charge is 0.405 e. The lowest BCUT2D eigenvalue weighted by atomic mass is 10.0. The molecule has 3 rings (SSSR count). The van der Waals surface area contributed by atoms with Gasteiger partial charge in [-0.05, 0) is 36.1 Å². The number of aryl methyl sites for hydroxylation is 1. The molecular formula is C23H26N4O3S. The van der Waals surface area contributed by atoms with Crippen LogP contribution in [-0.4, -0.2) is 28.1 Å². The molecule has 0 saturated heterocycles. The van der Waals surface area contributed by atoms with Crippen LogP contribution in [0.1, 0.15) is 34.8 Å². The van der Waals surface area contributed by atoms with Crippen molar-refractivity contribution in [3.8, 4) is 0 Å². The van der Waals surface area contributed by atoms with E-state index < -0.39 is 12.1 Å². The monoisotopic (exact) mass is 438 g/mol. The number of benzene rings is 2. The average molecular weight is 439 g/mol. The maximum atomic E-state index is 13.1. The summed E-state index contributed by atoms with van der Waals surface area (Å²) in [5.41, 5.74) is 9.28. The summed E-state index contributed by atoms with van der Waals surface area (Å²) in [4.78, 5) is 29.1. The fourth-order valence-electron chi connectivity index (χ4n) is 3.22. The Kier molecular flexibility index (Phi) is 7.61. The number of hydrogen-bond donors (Lipinski definition) is 4. The van der Waals surface area contributed by atoms with Crippen molar-refractivity contribution < 1.29 is 14.7 Å². The summed E-state index contributed by atoms with van der Waals surface area (Å²) in [7, 11) is 0. The number of aromatic nitrogens is 1. The highest BCUT2D eigenvalue weighted by atomic mass is 32.1. The Hall–Kier alpha value is -3.39. The van der Waals surface area contributed by atoms with Gasteiger partial charge in [-0.1, -0.05) is 49.4 Å². The number of rotatable bonds is 9. The molecule has 0 spiro atoms. The van der Waals surface area contributed by atoms with Crippen LogP contribution in [0.4, 0.5) is 10.5 Å². The third kappa shape index (κ3) is 6.55. The molecule has 1 aromatic heterocycles. The molecule has 8 heteroatoms. The molecule has 0 aliphatic heterocycles. The van der Waals surface area contributed by atoms with Crippen molar-refractivity contribution in [1.82, 2.24) is 15.6 Å². The second-order valence-electron chi connectivity index (χ2n) is 7.23. The number of amides is 2. The Bertz CT molecular complexity index is 1010. The van der Waals surface area contributed by atoms with Crippen LogP contribution in [0.2, 0.25) is 0 Å². The summed E-state index contributed by atoms with van der Waals surface area (Å²) in [6.45, 7) is 2.03. The number of carbonyl (C=O) groups excluding carboxylic acids is 1. The van der Waals surface area contributed by atoms with Gasteiger partial charge in [-0.3, -0.25) is 4.79 Å². The molecule has 0 bridgehead atoms. The van der Waals surface area contributed by atoms with Gasteiger partial charge in [-0.2, -0.15) is 0 Å². The number of nitrogens with zero attached hydrogens (tertiary/aromatic N) is 1. The maximum absolute atomic E-state index is 13.1. The van der Waals surface area contributed by atoms with Gasteiger partial charge in [0.1, 0.15) is 11.0 Å². The highest BCUT2D eigenvalue weighted by Gasteiger charge is 2.26. The van der Waals surface area contributed by atoms with E-state index in [1.165, 1.54) is 11.3 Å². The van der Waals surface area contributed by atoms with E-state index in [1.807, 2.05) is 66.9 Å². The van der Waals surface area contributed by atoms with Gasteiger partial charge in [0.25, 0.3) is 0 Å². The van der Waals surface area contributed by atoms with Gasteiger partial charge in [-0.25, -0.2) is 9.78 Å². The number of carbonyl (C=O) groups is 2. The minimum absolute atomic E-state index is 0.256. The standard InChI is InChI=1S/C23H26N4O3S/c1-2-18-14-31-22(25-18)20(13-16-8-10-17(24)11-9-16)26-21(28)19(27-23(29)30)12-15-6-4-3-5-7-15/h3-11,14,19-20,27H,2,12-13,24H2,1H3,(H,26,28)(H,29,30)/t19-,20-/m0/s1. The number of carboxylic acid groups (broad SMARTS) is 1. The molecule has 162 valence electrons. The van der Waals surface area contributed by atoms with Crippen LogP contribution in [0, 0.1) is 0 Å². The topological polar surface area (TPSA) is 117 Å². The molecule has 0 fully saturated rings. The highest BCUT2D eigenvalue weighted by molar-refractivity contribution is 7.09. The van der Waals surface area contributed by atoms with Gasteiger partial charge in [0.2, 0.25) is 5.91 Å². The van der Waals surface area contributed by atoms with Crippen LogP contribution < -0.4 is 16.4 Å². The minimum Gasteiger partial charge on any atom is -0.465 e. The number of nitrogens with one attached hydrogen (secondary N) is 2. The van der Waals surface area contributed by atoms with E-state index in [0.717, 1.165) is 28.2 Å². The zero-order valence-electron chi connectivity index (χ0n) is 17.2. The van der Waals surface area contributed by atoms with E-state index in [9.17, 15) is 14.7 Å². The quantitative estimate of drug-likeness (QED) is 0.381. The number of nitrogen functional groups attached to an aromatic ring is 1. The van der Waals surface area contributed by atoms with Crippen molar-refractivity contribution in [3.05, 3.63) is 81.8 Å². The summed E-state index contributed by atoms with van der Waals surface area (Å²) < 4.78 is 0. The third-order valence-electron chi connectivity index (χ3n) is 4.86. The van der Waals surface area contributed by atoms with Crippen LogP contribution in [0.3, 0.4) is 0 Å². The summed E-state index contributed by atoms with van der Waals surface area (Å²) in [5, 5.41) is 17.4. The molecule has 31 heavy (non-hydrogen) atoms. The van der Waals surface area contributed by atoms with Gasteiger partial charge in [-0.15, -0.1) is 11.3 Å². The molecule has 5 N–H and O–H groups in total. The van der Waals surface area contributed by atoms with Crippen LogP contribution >= 0.6 is 11.3 Å². The lowest BCUT2D eigenvalue weighted by Crippen LogP contribution is -2.48. The Morgan fingerprint density at radius 1 is 1.03 bits per heavy atom. The molecule has 2 aromatic carbocycles. The Labute approximate surface area is 185 Å². The van der Waals surface area contributed by atoms with Gasteiger partial charge < -0.3 is 21.5 Å². The van der Waals surface area contributed by atoms with Crippen LogP contribution in [-0.2, 0) is 24.1 Å². The molecular weight excluding hydrogens is 412 g/mol. The molecule has 2 atom stereocenters. The van der Waals surface area contributed by atoms with Crippen LogP contribution in [0.25, 0.3) is 0 Å². The molecule has 0 aliphatic carbocycles. The highest BCUT2D eigenvalue weighted by Crippen LogP contribution is 2.23. The van der Waals surface area contributed by atoms with Crippen molar-refractivity contribution in [2.75, 3.05) is 5.73 Å². The lowest BCUT2D eigenvalue weighted by molar-refractivity contribution is -0.123. The van der Waals surface area contributed by atoms with E-state index in [1.54, 1.807) is 0 Å². The predicted molar refractivity (Wildman–Crippen MR) is 122 cm³/mol. The predicted octanol–water partition coefficient (Wildman–Crippen LogP) is 3.57. The van der Waals surface area contributed by atoms with Crippen LogP contribution in [0.15, 0.2) is 60.0 Å². The first-order valence-corrected chi connectivity index (χ1v) is 10.9. The van der Waals surface area contributed by atoms with E-state index in [4.69, 9.17) is 5.73 Å². The molecule has 0 unspecified atom stereocenters. The molecule has 7 nitrogen and oxygen atoms in total. The first-order chi connectivity index (χ1) is 14.9. The Morgan fingerprint density at radius 2 is 1.71 bits per heavy atom. The van der Waals surface area contributed by atoms with E-state index in [0.29, 0.717) is 12.1 Å². The van der Waals surface area contributed by atoms with Gasteiger partial charge >= 0.3 is 6.09 Å². The van der Waals surface area contributed by atoms with Gasteiger partial charge in [0.15, 0.2) is 0 Å². The zero-order valence-corrected chi connectivity index (χ0v) is 18.1. The summed E-state index contributed by atoms with van der Waals surface area (Å²) >= 11 is 1.49. The number of anilines is 1. The fourth-order valence-corrected chi connectivity index (χ4v) is 4.17. The van der Waals surface area contributed by atoms with Crippen molar-refractivity contribution in [1.29, 1.82) is 0 Å². The first-order valence-electron chi connectivity index (χ1n) is 10.1. The van der Waals surface area contributed by atoms with Crippen molar-refractivity contribution in [2.45, 2.75) is 38.3 Å². The molecule has 0 radical (unpaired) electrons. The van der Waals surface area contributed by atoms with E-state index in [2.05, 4.69) is 15.6 Å². The normalized spacial score (nSPS) is 12.7. The Morgan fingerprint density at radius 3 is 2.32 bits per heavy atom. The average Bonchev–Trinajstić information content (AvgIpc) is 3.24. The molecule has 3 aromatic rings. The van der Waals surface area contributed by atoms with Crippen molar-refractivity contribution >= 4 is 29.0 Å². The zero-order chi connectivity index (χ0) is 22.2. The fraction of sp³-hybridized carbons (Fsp3) is 0.261. The van der Waals surface area contributed by atoms with Crippen LogP contribution in [0.5, 0.6) is 0 Å². The number of hydrogen-bond acceptors (Lipinski definition) is 5. The summed E-state index contributed by atoms with van der Waals surface area (Å²) in [5.74, 6) is -0.389. The third-order valence-corrected chi connectivity index (χ3v) is 5.87. The second-order valence-corrected chi connectivity index (χ2v) is 8.12. The maximum Gasteiger partial charge on any atom is 0.405 e. The Balaban J connectivity index is 1.81. The largest absolute Gasteiger partial charge is 0.465 e. The minimum atomic E-state index is -1.24. The van der Waals surface area contributed by atoms with E-state index >= 15 is 0 Å². The first kappa shape index (κ1) is 22.3. The van der Waals surface area contributed by atoms with E-state index in [-0.39, 0.29) is 18.4 Å². The lowest BCUT2D eigenvalue weighted by Gasteiger charge is -2.22. The van der Waals surface area contributed by atoms with Crippen molar-refractivity contribution in [3.63, 3.8) is 0 Å². The SMILES string of the molecule is CCc1csc([C@H](Cc2ccc(N)cc2)NC(=O)[C@H](Cc2ccccc2)NC(=O)O)n1. The summed E-state index contributed by atoms with van der Waals surface area (Å²) in [6.07, 6.45) is 0.337. The summed E-state index contributed by atoms with van der Waals surface area (Å²) in [6, 6.07) is 15.5. The molecule has 0 aliphatic rings. The van der Waals surface area contributed by atoms with Gasteiger partial charge in [0, 0.05) is 17.5 Å². The molecule has 0 saturated carbocycles. The number of nitrogens with two attached hydrogens (primary N) is 1.